The van der Waals surface area contributed by atoms with E-state index in [0.717, 1.165) is 31.4 Å². The second-order valence-electron chi connectivity index (χ2n) is 6.86. The summed E-state index contributed by atoms with van der Waals surface area (Å²) < 4.78 is 16.1. The Morgan fingerprint density at radius 2 is 1.91 bits per heavy atom. The van der Waals surface area contributed by atoms with Gasteiger partial charge >= 0.3 is 6.09 Å². The van der Waals surface area contributed by atoms with Gasteiger partial charge in [-0.2, -0.15) is 0 Å². The normalized spacial score (nSPS) is 18.0. The molecule has 1 heterocycles. The van der Waals surface area contributed by atoms with Crippen LogP contribution in [0.5, 0.6) is 11.5 Å². The van der Waals surface area contributed by atoms with Crippen molar-refractivity contribution in [2.45, 2.75) is 51.7 Å². The monoisotopic (exact) mass is 321 g/mol. The molecule has 0 saturated carbocycles. The van der Waals surface area contributed by atoms with E-state index in [2.05, 4.69) is 0 Å². The summed E-state index contributed by atoms with van der Waals surface area (Å²) in [6.45, 7) is 6.44. The van der Waals surface area contributed by atoms with Crippen LogP contribution in [-0.4, -0.2) is 43.4 Å². The van der Waals surface area contributed by atoms with Crippen molar-refractivity contribution in [1.82, 2.24) is 4.90 Å². The number of ether oxygens (including phenoxy) is 3. The minimum absolute atomic E-state index is 0.169. The first-order valence-electron chi connectivity index (χ1n) is 8.04. The van der Waals surface area contributed by atoms with Crippen LogP contribution in [0, 0.1) is 0 Å². The number of hydrogen-bond acceptors (Lipinski definition) is 4. The summed E-state index contributed by atoms with van der Waals surface area (Å²) in [5.41, 5.74) is 0.663. The zero-order valence-electron chi connectivity index (χ0n) is 14.7. The largest absolute Gasteiger partial charge is 0.493 e. The quantitative estimate of drug-likeness (QED) is 0.849. The lowest BCUT2D eigenvalue weighted by Crippen LogP contribution is -2.40. The molecule has 1 fully saturated rings. The van der Waals surface area contributed by atoms with Crippen molar-refractivity contribution >= 4 is 6.09 Å². The molecule has 1 aliphatic heterocycles. The van der Waals surface area contributed by atoms with Crippen LogP contribution in [0.1, 0.15) is 39.2 Å². The molecule has 5 nitrogen and oxygen atoms in total. The Bertz CT molecular complexity index is 550. The molecule has 0 spiro atoms. The molecule has 0 bridgehead atoms. The highest BCUT2D eigenvalue weighted by Crippen LogP contribution is 2.30. The number of hydrogen-bond donors (Lipinski definition) is 0. The molecule has 1 saturated heterocycles. The third kappa shape index (κ3) is 4.53. The number of rotatable bonds is 4. The molecule has 0 unspecified atom stereocenters. The highest BCUT2D eigenvalue weighted by atomic mass is 16.6. The van der Waals surface area contributed by atoms with Crippen LogP contribution >= 0.6 is 0 Å². The van der Waals surface area contributed by atoms with E-state index in [1.807, 2.05) is 43.9 Å². The zero-order chi connectivity index (χ0) is 17.0. The molecule has 1 atom stereocenters. The van der Waals surface area contributed by atoms with Crippen molar-refractivity contribution in [3.8, 4) is 11.5 Å². The van der Waals surface area contributed by atoms with Gasteiger partial charge in [-0.25, -0.2) is 4.79 Å². The second kappa shape index (κ2) is 7.11. The van der Waals surface area contributed by atoms with Gasteiger partial charge in [0.25, 0.3) is 0 Å². The fourth-order valence-corrected chi connectivity index (χ4v) is 2.89. The minimum atomic E-state index is -0.465. The van der Waals surface area contributed by atoms with Crippen LogP contribution in [0.4, 0.5) is 4.79 Å². The molecule has 0 radical (unpaired) electrons. The fourth-order valence-electron chi connectivity index (χ4n) is 2.89. The first-order chi connectivity index (χ1) is 10.8. The molecule has 0 N–H and O–H groups in total. The van der Waals surface area contributed by atoms with Crippen LogP contribution in [0.2, 0.25) is 0 Å². The molecule has 1 aromatic rings. The average Bonchev–Trinajstić information content (AvgIpc) is 2.93. The third-order valence-electron chi connectivity index (χ3n) is 3.92. The first-order valence-corrected chi connectivity index (χ1v) is 8.04. The number of nitrogens with zero attached hydrogens (tertiary/aromatic N) is 1. The maximum absolute atomic E-state index is 12.3. The molecule has 2 rings (SSSR count). The molecule has 23 heavy (non-hydrogen) atoms. The number of benzene rings is 1. The summed E-state index contributed by atoms with van der Waals surface area (Å²) in [5.74, 6) is 1.43. The number of carbonyl (C=O) groups excluding carboxylic acids is 1. The van der Waals surface area contributed by atoms with Gasteiger partial charge in [-0.05, 0) is 57.7 Å². The molecular weight excluding hydrogens is 294 g/mol. The van der Waals surface area contributed by atoms with Crippen molar-refractivity contribution in [3.05, 3.63) is 23.8 Å². The summed E-state index contributed by atoms with van der Waals surface area (Å²) in [7, 11) is 3.25. The molecule has 5 heteroatoms. The summed E-state index contributed by atoms with van der Waals surface area (Å²) in [5, 5.41) is 0. The molecule has 128 valence electrons. The molecule has 0 aliphatic carbocycles. The van der Waals surface area contributed by atoms with Gasteiger partial charge in [0.2, 0.25) is 0 Å². The third-order valence-corrected chi connectivity index (χ3v) is 3.92. The number of methoxy groups -OCH3 is 2. The Morgan fingerprint density at radius 1 is 1.22 bits per heavy atom. The topological polar surface area (TPSA) is 48.0 Å². The molecule has 1 aliphatic rings. The van der Waals surface area contributed by atoms with Gasteiger partial charge in [-0.3, -0.25) is 0 Å². The van der Waals surface area contributed by atoms with E-state index in [0.29, 0.717) is 11.5 Å². The van der Waals surface area contributed by atoms with E-state index in [1.54, 1.807) is 14.2 Å². The van der Waals surface area contributed by atoms with Gasteiger partial charge in [-0.1, -0.05) is 6.07 Å². The number of carbonyl (C=O) groups is 1. The van der Waals surface area contributed by atoms with Crippen molar-refractivity contribution < 1.29 is 19.0 Å². The van der Waals surface area contributed by atoms with Crippen LogP contribution in [0.25, 0.3) is 0 Å². The Balaban J connectivity index is 2.08. The van der Waals surface area contributed by atoms with Crippen LogP contribution < -0.4 is 9.47 Å². The number of likely N-dealkylation sites (tertiary alicyclic amines) is 1. The van der Waals surface area contributed by atoms with E-state index < -0.39 is 5.60 Å². The van der Waals surface area contributed by atoms with E-state index in [9.17, 15) is 4.79 Å². The van der Waals surface area contributed by atoms with Gasteiger partial charge in [0, 0.05) is 12.6 Å². The predicted octanol–water partition coefficient (Wildman–Crippen LogP) is 3.65. The Labute approximate surface area is 138 Å². The van der Waals surface area contributed by atoms with E-state index >= 15 is 0 Å². The van der Waals surface area contributed by atoms with Crippen molar-refractivity contribution in [1.29, 1.82) is 0 Å². The van der Waals surface area contributed by atoms with Crippen LogP contribution in [-0.2, 0) is 11.2 Å². The molecule has 0 aromatic heterocycles. The van der Waals surface area contributed by atoms with Gasteiger partial charge in [0.05, 0.1) is 14.2 Å². The Kier molecular flexibility index (Phi) is 5.39. The summed E-state index contributed by atoms with van der Waals surface area (Å²) in [6.07, 6.45) is 2.57. The molecule has 1 aromatic carbocycles. The van der Waals surface area contributed by atoms with Gasteiger partial charge < -0.3 is 19.1 Å². The minimum Gasteiger partial charge on any atom is -0.493 e. The van der Waals surface area contributed by atoms with Crippen molar-refractivity contribution in [2.75, 3.05) is 20.8 Å². The highest BCUT2D eigenvalue weighted by Gasteiger charge is 2.32. The van der Waals surface area contributed by atoms with Gasteiger partial charge in [0.15, 0.2) is 11.5 Å². The summed E-state index contributed by atoms with van der Waals surface area (Å²) in [4.78, 5) is 14.2. The SMILES string of the molecule is COc1ccc(C[C@@H]2CCCN2C(=O)OC(C)(C)C)cc1OC. The van der Waals surface area contributed by atoms with Gasteiger partial charge in [-0.15, -0.1) is 0 Å². The predicted molar refractivity (Wildman–Crippen MR) is 89.2 cm³/mol. The lowest BCUT2D eigenvalue weighted by Gasteiger charge is -2.28. The second-order valence-corrected chi connectivity index (χ2v) is 6.86. The molecule has 1 amide bonds. The van der Waals surface area contributed by atoms with Gasteiger partial charge in [0.1, 0.15) is 5.60 Å². The van der Waals surface area contributed by atoms with E-state index in [-0.39, 0.29) is 12.1 Å². The van der Waals surface area contributed by atoms with E-state index in [4.69, 9.17) is 14.2 Å². The smallest absolute Gasteiger partial charge is 0.410 e. The fraction of sp³-hybridized carbons (Fsp3) is 0.611. The first kappa shape index (κ1) is 17.4. The maximum Gasteiger partial charge on any atom is 0.410 e. The Hall–Kier alpha value is -1.91. The maximum atomic E-state index is 12.3. The molecular formula is C18H27NO4. The summed E-state index contributed by atoms with van der Waals surface area (Å²) >= 11 is 0. The van der Waals surface area contributed by atoms with Crippen LogP contribution in [0.3, 0.4) is 0 Å². The van der Waals surface area contributed by atoms with Crippen molar-refractivity contribution in [3.63, 3.8) is 0 Å². The Morgan fingerprint density at radius 3 is 2.52 bits per heavy atom. The standard InChI is InChI=1S/C18H27NO4/c1-18(2,3)23-17(20)19-10-6-7-14(19)11-13-8-9-15(21-4)16(12-13)22-5/h8-9,12,14H,6-7,10-11H2,1-5H3/t14-/m0/s1. The number of amides is 1. The van der Waals surface area contributed by atoms with E-state index in [1.165, 1.54) is 0 Å². The highest BCUT2D eigenvalue weighted by molar-refractivity contribution is 5.69. The average molecular weight is 321 g/mol. The van der Waals surface area contributed by atoms with Crippen molar-refractivity contribution in [2.24, 2.45) is 0 Å². The lowest BCUT2D eigenvalue weighted by atomic mass is 10.0. The zero-order valence-corrected chi connectivity index (χ0v) is 14.7. The lowest BCUT2D eigenvalue weighted by molar-refractivity contribution is 0.0227. The summed E-state index contributed by atoms with van der Waals surface area (Å²) in [6, 6.07) is 6.07. The van der Waals surface area contributed by atoms with Crippen LogP contribution in [0.15, 0.2) is 18.2 Å².